The number of benzene rings is 1. The lowest BCUT2D eigenvalue weighted by molar-refractivity contribution is -0.118. The molecule has 0 amide bonds. The zero-order valence-corrected chi connectivity index (χ0v) is 12.5. The molecule has 0 radical (unpaired) electrons. The van der Waals surface area contributed by atoms with E-state index in [4.69, 9.17) is 11.6 Å². The average Bonchev–Trinajstić information content (AvgIpc) is 2.37. The minimum absolute atomic E-state index is 0.311. The number of hydrogen-bond acceptors (Lipinski definition) is 1. The van der Waals surface area contributed by atoms with Crippen LogP contribution in [0.1, 0.15) is 50.5 Å². The maximum atomic E-state index is 11.2. The van der Waals surface area contributed by atoms with E-state index in [1.807, 2.05) is 12.1 Å². The minimum atomic E-state index is 0.311. The first-order chi connectivity index (χ1) is 9.63. The number of hydrogen-bond donors (Lipinski definition) is 0. The van der Waals surface area contributed by atoms with Gasteiger partial charge in [0, 0.05) is 11.4 Å². The Balaban J connectivity index is 1.74. The molecule has 0 aromatic heterocycles. The van der Waals surface area contributed by atoms with E-state index in [2.05, 4.69) is 12.1 Å². The van der Waals surface area contributed by atoms with Crippen LogP contribution in [0.15, 0.2) is 24.3 Å². The molecule has 0 aliphatic heterocycles. The van der Waals surface area contributed by atoms with Gasteiger partial charge < -0.3 is 4.79 Å². The molecule has 5 rings (SSSR count). The first-order valence-corrected chi connectivity index (χ1v) is 8.21. The summed E-state index contributed by atoms with van der Waals surface area (Å²) in [5, 5.41) is 0.820. The molecule has 106 valence electrons. The molecule has 0 heterocycles. The van der Waals surface area contributed by atoms with Gasteiger partial charge in [-0.2, -0.15) is 0 Å². The molecule has 4 aliphatic rings. The fourth-order valence-electron chi connectivity index (χ4n) is 6.01. The molecule has 1 aromatic carbocycles. The third kappa shape index (κ3) is 1.86. The van der Waals surface area contributed by atoms with Crippen LogP contribution < -0.4 is 0 Å². The van der Waals surface area contributed by atoms with Crippen LogP contribution in [0.25, 0.3) is 0 Å². The lowest BCUT2D eigenvalue weighted by Gasteiger charge is -2.62. The summed E-state index contributed by atoms with van der Waals surface area (Å²) in [6.07, 6.45) is 9.79. The highest BCUT2D eigenvalue weighted by molar-refractivity contribution is 6.30. The maximum absolute atomic E-state index is 11.2. The van der Waals surface area contributed by atoms with E-state index in [9.17, 15) is 4.79 Å². The van der Waals surface area contributed by atoms with Crippen molar-refractivity contribution in [3.05, 3.63) is 34.9 Å². The Morgan fingerprint density at radius 2 is 1.75 bits per heavy atom. The number of carbonyl (C=O) groups is 1. The van der Waals surface area contributed by atoms with Gasteiger partial charge in [-0.3, -0.25) is 0 Å². The predicted molar refractivity (Wildman–Crippen MR) is 80.9 cm³/mol. The lowest BCUT2D eigenvalue weighted by atomic mass is 9.42. The van der Waals surface area contributed by atoms with Crippen molar-refractivity contribution >= 4 is 17.9 Å². The zero-order chi connectivity index (χ0) is 13.8. The third-order valence-electron chi connectivity index (χ3n) is 6.16. The van der Waals surface area contributed by atoms with Crippen molar-refractivity contribution in [3.8, 4) is 0 Å². The van der Waals surface area contributed by atoms with E-state index in [0.717, 1.165) is 23.3 Å². The Morgan fingerprint density at radius 1 is 1.10 bits per heavy atom. The molecule has 0 saturated heterocycles. The highest BCUT2D eigenvalue weighted by Crippen LogP contribution is 2.66. The average molecular weight is 289 g/mol. The van der Waals surface area contributed by atoms with Gasteiger partial charge in [-0.25, -0.2) is 0 Å². The van der Waals surface area contributed by atoms with Crippen molar-refractivity contribution in [3.63, 3.8) is 0 Å². The van der Waals surface area contributed by atoms with Gasteiger partial charge in [0.2, 0.25) is 0 Å². The predicted octanol–water partition coefficient (Wildman–Crippen LogP) is 4.77. The molecule has 1 nitrogen and oxygen atoms in total. The molecule has 0 spiro atoms. The van der Waals surface area contributed by atoms with Crippen molar-refractivity contribution in [2.24, 2.45) is 17.3 Å². The van der Waals surface area contributed by atoms with Crippen molar-refractivity contribution in [2.75, 3.05) is 0 Å². The van der Waals surface area contributed by atoms with Gasteiger partial charge in [0.05, 0.1) is 0 Å². The van der Waals surface area contributed by atoms with E-state index in [1.54, 1.807) is 0 Å². The van der Waals surface area contributed by atoms with Gasteiger partial charge in [0.15, 0.2) is 0 Å². The molecule has 4 aliphatic carbocycles. The maximum Gasteiger partial charge on any atom is 0.120 e. The molecular formula is C18H21ClO. The van der Waals surface area contributed by atoms with Crippen LogP contribution in [-0.2, 0) is 10.2 Å². The van der Waals surface area contributed by atoms with E-state index in [0.29, 0.717) is 10.8 Å². The van der Waals surface area contributed by atoms with Crippen LogP contribution in [-0.4, -0.2) is 6.29 Å². The quantitative estimate of drug-likeness (QED) is 0.733. The van der Waals surface area contributed by atoms with Crippen molar-refractivity contribution in [1.29, 1.82) is 0 Å². The van der Waals surface area contributed by atoms with Crippen LogP contribution in [0.5, 0.6) is 0 Å². The number of rotatable bonds is 3. The standard InChI is InChI=1S/C18H21ClO/c19-16-3-1-15(2-4-16)18-10-13-7-14(11-18)9-17(8-13,12-18)5-6-20/h1-4,6,13-14H,5,7-12H2. The number of carbonyl (C=O) groups excluding carboxylic acids is 1. The van der Waals surface area contributed by atoms with Gasteiger partial charge in [-0.1, -0.05) is 23.7 Å². The Hall–Kier alpha value is -0.820. The second-order valence-electron chi connectivity index (χ2n) is 7.62. The number of aldehydes is 1. The summed E-state index contributed by atoms with van der Waals surface area (Å²) in [6, 6.07) is 8.51. The summed E-state index contributed by atoms with van der Waals surface area (Å²) in [4.78, 5) is 11.2. The van der Waals surface area contributed by atoms with Crippen LogP contribution in [0.3, 0.4) is 0 Å². The van der Waals surface area contributed by atoms with E-state index in [-0.39, 0.29) is 0 Å². The van der Waals surface area contributed by atoms with Crippen molar-refractivity contribution in [1.82, 2.24) is 0 Å². The second kappa shape index (κ2) is 4.34. The highest BCUT2D eigenvalue weighted by Gasteiger charge is 2.57. The topological polar surface area (TPSA) is 17.1 Å². The Morgan fingerprint density at radius 3 is 2.35 bits per heavy atom. The summed E-state index contributed by atoms with van der Waals surface area (Å²) in [6.45, 7) is 0. The molecule has 20 heavy (non-hydrogen) atoms. The summed E-state index contributed by atoms with van der Waals surface area (Å²) < 4.78 is 0. The van der Waals surface area contributed by atoms with E-state index < -0.39 is 0 Å². The Labute approximate surface area is 125 Å². The normalized spacial score (nSPS) is 41.9. The minimum Gasteiger partial charge on any atom is -0.303 e. The van der Waals surface area contributed by atoms with Gasteiger partial charge in [-0.05, 0) is 78.9 Å². The fraction of sp³-hybridized carbons (Fsp3) is 0.611. The van der Waals surface area contributed by atoms with Gasteiger partial charge in [0.1, 0.15) is 6.29 Å². The Kier molecular flexibility index (Phi) is 2.79. The Bertz CT molecular complexity index is 519. The SMILES string of the molecule is O=CCC12CC3CC(C1)CC(c1ccc(Cl)cc1)(C3)C2. The molecule has 4 fully saturated rings. The molecule has 4 saturated carbocycles. The summed E-state index contributed by atoms with van der Waals surface area (Å²) in [7, 11) is 0. The van der Waals surface area contributed by atoms with E-state index in [1.165, 1.54) is 50.4 Å². The summed E-state index contributed by atoms with van der Waals surface area (Å²) in [5.74, 6) is 1.68. The van der Waals surface area contributed by atoms with Gasteiger partial charge in [0.25, 0.3) is 0 Å². The molecular weight excluding hydrogens is 268 g/mol. The van der Waals surface area contributed by atoms with Crippen molar-refractivity contribution < 1.29 is 4.79 Å². The summed E-state index contributed by atoms with van der Waals surface area (Å²) >= 11 is 6.05. The van der Waals surface area contributed by atoms with Crippen LogP contribution in [0, 0.1) is 17.3 Å². The molecule has 2 atom stereocenters. The molecule has 4 bridgehead atoms. The molecule has 0 N–H and O–H groups in total. The molecule has 1 aromatic rings. The molecule has 2 unspecified atom stereocenters. The second-order valence-corrected chi connectivity index (χ2v) is 8.06. The van der Waals surface area contributed by atoms with E-state index >= 15 is 0 Å². The lowest BCUT2D eigenvalue weighted by Crippen LogP contribution is -2.54. The third-order valence-corrected chi connectivity index (χ3v) is 6.41. The summed E-state index contributed by atoms with van der Waals surface area (Å²) in [5.41, 5.74) is 2.11. The van der Waals surface area contributed by atoms with Gasteiger partial charge >= 0.3 is 0 Å². The monoisotopic (exact) mass is 288 g/mol. The first kappa shape index (κ1) is 12.9. The van der Waals surface area contributed by atoms with Crippen LogP contribution >= 0.6 is 11.6 Å². The van der Waals surface area contributed by atoms with Crippen molar-refractivity contribution in [2.45, 2.75) is 50.4 Å². The fourth-order valence-corrected chi connectivity index (χ4v) is 6.13. The largest absolute Gasteiger partial charge is 0.303 e. The van der Waals surface area contributed by atoms with Gasteiger partial charge in [-0.15, -0.1) is 0 Å². The smallest absolute Gasteiger partial charge is 0.120 e. The zero-order valence-electron chi connectivity index (χ0n) is 11.8. The first-order valence-electron chi connectivity index (χ1n) is 7.83. The molecule has 2 heteroatoms. The van der Waals surface area contributed by atoms with Crippen LogP contribution in [0.4, 0.5) is 0 Å². The highest BCUT2D eigenvalue weighted by atomic mass is 35.5. The van der Waals surface area contributed by atoms with Crippen LogP contribution in [0.2, 0.25) is 5.02 Å². The number of halogens is 1.